The van der Waals surface area contributed by atoms with Gasteiger partial charge in [0.1, 0.15) is 12.4 Å². The van der Waals surface area contributed by atoms with Crippen LogP contribution in [-0.2, 0) is 13.2 Å². The van der Waals surface area contributed by atoms with E-state index < -0.39 is 0 Å². The molecule has 0 radical (unpaired) electrons. The first kappa shape index (κ1) is 19.0. The number of ether oxygens (including phenoxy) is 1. The van der Waals surface area contributed by atoms with E-state index in [4.69, 9.17) is 27.9 Å². The molecule has 1 N–H and O–H groups in total. The van der Waals surface area contributed by atoms with Crippen molar-refractivity contribution in [3.05, 3.63) is 92.1 Å². The minimum Gasteiger partial charge on any atom is -0.486 e. The highest BCUT2D eigenvalue weighted by atomic mass is 79.9. The van der Waals surface area contributed by atoms with Crippen LogP contribution in [0, 0.1) is 5.82 Å². The predicted octanol–water partition coefficient (Wildman–Crippen LogP) is 7.09. The summed E-state index contributed by atoms with van der Waals surface area (Å²) in [4.78, 5) is 0. The molecule has 2 nitrogen and oxygen atoms in total. The van der Waals surface area contributed by atoms with Crippen LogP contribution in [0.15, 0.2) is 65.1 Å². The summed E-state index contributed by atoms with van der Waals surface area (Å²) >= 11 is 16.0. The molecule has 0 saturated carbocycles. The van der Waals surface area contributed by atoms with Gasteiger partial charge in [0.25, 0.3) is 0 Å². The van der Waals surface area contributed by atoms with Crippen LogP contribution in [0.2, 0.25) is 10.0 Å². The van der Waals surface area contributed by atoms with Crippen LogP contribution in [0.1, 0.15) is 11.1 Å². The van der Waals surface area contributed by atoms with Crippen LogP contribution in [0.5, 0.6) is 5.75 Å². The molecule has 0 saturated heterocycles. The highest BCUT2D eigenvalue weighted by Gasteiger charge is 2.11. The van der Waals surface area contributed by atoms with Crippen LogP contribution in [-0.4, -0.2) is 0 Å². The Morgan fingerprint density at radius 1 is 0.962 bits per heavy atom. The molecule has 3 rings (SSSR count). The van der Waals surface area contributed by atoms with E-state index >= 15 is 0 Å². The topological polar surface area (TPSA) is 21.3 Å². The lowest BCUT2D eigenvalue weighted by Crippen LogP contribution is -2.02. The van der Waals surface area contributed by atoms with E-state index in [0.29, 0.717) is 27.9 Å². The minimum absolute atomic E-state index is 0.0581. The summed E-state index contributed by atoms with van der Waals surface area (Å²) in [5.74, 6) is 0.0269. The maximum atomic E-state index is 13.7. The predicted molar refractivity (Wildman–Crippen MR) is 109 cm³/mol. The van der Waals surface area contributed by atoms with Crippen molar-refractivity contribution in [1.29, 1.82) is 0 Å². The Labute approximate surface area is 170 Å². The lowest BCUT2D eigenvalue weighted by atomic mass is 10.2. The molecule has 0 aliphatic heterocycles. The molecule has 0 fully saturated rings. The second kappa shape index (κ2) is 8.76. The number of nitrogens with one attached hydrogen (secondary N) is 1. The second-order valence-electron chi connectivity index (χ2n) is 5.63. The number of rotatable bonds is 6. The van der Waals surface area contributed by atoms with Gasteiger partial charge in [-0.2, -0.15) is 0 Å². The summed E-state index contributed by atoms with van der Waals surface area (Å²) in [7, 11) is 0. The Hall–Kier alpha value is -1.75. The lowest BCUT2D eigenvalue weighted by molar-refractivity contribution is 0.300. The van der Waals surface area contributed by atoms with Crippen molar-refractivity contribution in [2.75, 3.05) is 5.32 Å². The monoisotopic (exact) mass is 453 g/mol. The fourth-order valence-corrected chi connectivity index (χ4v) is 3.30. The maximum absolute atomic E-state index is 13.7. The van der Waals surface area contributed by atoms with Crippen molar-refractivity contribution in [2.24, 2.45) is 0 Å². The molecule has 3 aromatic carbocycles. The van der Waals surface area contributed by atoms with Crippen LogP contribution in [0.3, 0.4) is 0 Å². The zero-order valence-electron chi connectivity index (χ0n) is 13.6. The molecule has 3 aromatic rings. The average molecular weight is 455 g/mol. The summed E-state index contributed by atoms with van der Waals surface area (Å²) < 4.78 is 20.3. The molecule has 0 heterocycles. The van der Waals surface area contributed by atoms with E-state index in [2.05, 4.69) is 21.2 Å². The molecule has 0 aliphatic carbocycles. The third-order valence-corrected chi connectivity index (χ3v) is 4.82. The smallest absolute Gasteiger partial charge is 0.156 e. The van der Waals surface area contributed by atoms with Gasteiger partial charge in [-0.3, -0.25) is 0 Å². The second-order valence-corrected chi connectivity index (χ2v) is 7.36. The van der Waals surface area contributed by atoms with Crippen LogP contribution < -0.4 is 10.1 Å². The largest absolute Gasteiger partial charge is 0.486 e. The van der Waals surface area contributed by atoms with Gasteiger partial charge >= 0.3 is 0 Å². The fourth-order valence-electron chi connectivity index (χ4n) is 2.39. The quantitative estimate of drug-likeness (QED) is 0.429. The Balaban J connectivity index is 1.67. The Kier molecular flexibility index (Phi) is 6.41. The Morgan fingerprint density at radius 2 is 1.62 bits per heavy atom. The SMILES string of the molecule is Fc1ccccc1COc1c(Cl)cc(CNc2ccc(Br)cc2)cc1Cl. The van der Waals surface area contributed by atoms with Gasteiger partial charge < -0.3 is 10.1 Å². The van der Waals surface area contributed by atoms with E-state index in [-0.39, 0.29) is 12.4 Å². The molecule has 0 bridgehead atoms. The minimum atomic E-state index is -0.324. The first-order chi connectivity index (χ1) is 12.5. The van der Waals surface area contributed by atoms with Gasteiger partial charge in [-0.05, 0) is 48.0 Å². The molecule has 0 unspecified atom stereocenters. The van der Waals surface area contributed by atoms with Gasteiger partial charge in [0, 0.05) is 22.3 Å². The number of anilines is 1. The molecule has 26 heavy (non-hydrogen) atoms. The van der Waals surface area contributed by atoms with E-state index in [1.807, 2.05) is 24.3 Å². The number of halogens is 4. The summed E-state index contributed by atoms with van der Waals surface area (Å²) in [5, 5.41) is 4.08. The molecular weight excluding hydrogens is 440 g/mol. The lowest BCUT2D eigenvalue weighted by Gasteiger charge is -2.13. The molecule has 134 valence electrons. The summed E-state index contributed by atoms with van der Waals surface area (Å²) in [6.45, 7) is 0.622. The van der Waals surface area contributed by atoms with Gasteiger partial charge in [0.15, 0.2) is 5.75 Å². The van der Waals surface area contributed by atoms with E-state index in [1.165, 1.54) is 6.07 Å². The van der Waals surface area contributed by atoms with Crippen molar-refractivity contribution in [3.8, 4) is 5.75 Å². The Morgan fingerprint density at radius 3 is 2.27 bits per heavy atom. The molecule has 0 atom stereocenters. The number of hydrogen-bond donors (Lipinski definition) is 1. The van der Waals surface area contributed by atoms with Gasteiger partial charge in [-0.1, -0.05) is 57.3 Å². The molecular formula is C20H15BrCl2FNO. The normalized spacial score (nSPS) is 10.6. The van der Waals surface area contributed by atoms with Crippen LogP contribution in [0.4, 0.5) is 10.1 Å². The van der Waals surface area contributed by atoms with Crippen molar-refractivity contribution in [1.82, 2.24) is 0 Å². The molecule has 0 spiro atoms. The average Bonchev–Trinajstić information content (AvgIpc) is 2.62. The molecule has 6 heteroatoms. The standard InChI is InChI=1S/C20H15BrCl2FNO/c21-15-5-7-16(8-6-15)25-11-13-9-17(22)20(18(23)10-13)26-12-14-3-1-2-4-19(14)24/h1-10,25H,11-12H2. The van der Waals surface area contributed by atoms with Gasteiger partial charge in [0.05, 0.1) is 10.0 Å². The third kappa shape index (κ3) is 4.91. The van der Waals surface area contributed by atoms with Gasteiger partial charge in [-0.25, -0.2) is 4.39 Å². The van der Waals surface area contributed by atoms with Crippen molar-refractivity contribution in [3.63, 3.8) is 0 Å². The van der Waals surface area contributed by atoms with Gasteiger partial charge in [-0.15, -0.1) is 0 Å². The van der Waals surface area contributed by atoms with E-state index in [1.54, 1.807) is 30.3 Å². The van der Waals surface area contributed by atoms with Crippen LogP contribution >= 0.6 is 39.1 Å². The third-order valence-electron chi connectivity index (χ3n) is 3.73. The van der Waals surface area contributed by atoms with Crippen molar-refractivity contribution in [2.45, 2.75) is 13.2 Å². The number of benzene rings is 3. The first-order valence-electron chi connectivity index (χ1n) is 7.86. The summed E-state index contributed by atoms with van der Waals surface area (Å²) in [6.07, 6.45) is 0. The zero-order chi connectivity index (χ0) is 18.5. The first-order valence-corrected chi connectivity index (χ1v) is 9.41. The molecule has 0 amide bonds. The van der Waals surface area contributed by atoms with E-state index in [9.17, 15) is 4.39 Å². The molecule has 0 aromatic heterocycles. The van der Waals surface area contributed by atoms with E-state index in [0.717, 1.165) is 15.7 Å². The zero-order valence-corrected chi connectivity index (χ0v) is 16.7. The fraction of sp³-hybridized carbons (Fsp3) is 0.100. The summed E-state index contributed by atoms with van der Waals surface area (Å²) in [5.41, 5.74) is 2.35. The van der Waals surface area contributed by atoms with Crippen molar-refractivity contribution < 1.29 is 9.13 Å². The molecule has 0 aliphatic rings. The maximum Gasteiger partial charge on any atom is 0.156 e. The number of hydrogen-bond acceptors (Lipinski definition) is 2. The van der Waals surface area contributed by atoms with Gasteiger partial charge in [0.2, 0.25) is 0 Å². The highest BCUT2D eigenvalue weighted by molar-refractivity contribution is 9.10. The highest BCUT2D eigenvalue weighted by Crippen LogP contribution is 2.35. The Bertz CT molecular complexity index is 880. The van der Waals surface area contributed by atoms with Crippen molar-refractivity contribution >= 4 is 44.8 Å². The van der Waals surface area contributed by atoms with Crippen LogP contribution in [0.25, 0.3) is 0 Å². The summed E-state index contributed by atoms with van der Waals surface area (Å²) in [6, 6.07) is 17.9.